The van der Waals surface area contributed by atoms with Gasteiger partial charge in [0.1, 0.15) is 17.9 Å². The van der Waals surface area contributed by atoms with Crippen LogP contribution < -0.4 is 10.4 Å². The summed E-state index contributed by atoms with van der Waals surface area (Å²) < 4.78 is 10.4. The van der Waals surface area contributed by atoms with E-state index in [1.807, 2.05) is 6.92 Å². The smallest absolute Gasteiger partial charge is 0.336 e. The molecule has 1 amide bonds. The van der Waals surface area contributed by atoms with Gasteiger partial charge in [-0.25, -0.2) is 4.79 Å². The average Bonchev–Trinajstić information content (AvgIpc) is 2.51. The Hall–Kier alpha value is -2.83. The predicted molar refractivity (Wildman–Crippen MR) is 82.5 cm³/mol. The van der Waals surface area contributed by atoms with E-state index in [9.17, 15) is 14.4 Å². The minimum absolute atomic E-state index is 0.282. The van der Waals surface area contributed by atoms with Gasteiger partial charge in [-0.3, -0.25) is 9.59 Å². The minimum atomic E-state index is -1.07. The number of hydrogen-bond acceptors (Lipinski definition) is 5. The molecule has 0 fully saturated rings. The number of aliphatic carboxylic acids is 1. The number of carbonyl (C=O) groups excluding carboxylic acids is 1. The number of carbonyl (C=O) groups is 2. The molecule has 0 radical (unpaired) electrons. The molecule has 7 heteroatoms. The Bertz CT molecular complexity index is 766. The van der Waals surface area contributed by atoms with E-state index in [2.05, 4.69) is 0 Å². The Morgan fingerprint density at radius 2 is 2.00 bits per heavy atom. The van der Waals surface area contributed by atoms with Crippen LogP contribution in [0.1, 0.15) is 13.3 Å². The molecular weight excluding hydrogens is 302 g/mol. The molecule has 0 aliphatic carbocycles. The lowest BCUT2D eigenvalue weighted by Crippen LogP contribution is -2.39. The van der Waals surface area contributed by atoms with E-state index < -0.39 is 17.5 Å². The van der Waals surface area contributed by atoms with Crippen molar-refractivity contribution < 1.29 is 23.8 Å². The van der Waals surface area contributed by atoms with Crippen LogP contribution in [-0.4, -0.2) is 41.6 Å². The summed E-state index contributed by atoms with van der Waals surface area (Å²) in [5, 5.41) is 9.55. The third-order valence-electron chi connectivity index (χ3n) is 3.13. The second kappa shape index (κ2) is 7.44. The van der Waals surface area contributed by atoms with Gasteiger partial charge in [0.15, 0.2) is 6.61 Å². The lowest BCUT2D eigenvalue weighted by molar-refractivity contribution is -0.145. The molecule has 0 atom stereocenters. The summed E-state index contributed by atoms with van der Waals surface area (Å²) in [7, 11) is 0. The lowest BCUT2D eigenvalue weighted by atomic mass is 10.2. The van der Waals surface area contributed by atoms with Gasteiger partial charge in [-0.2, -0.15) is 0 Å². The quantitative estimate of drug-likeness (QED) is 0.777. The third kappa shape index (κ3) is 4.57. The van der Waals surface area contributed by atoms with Gasteiger partial charge >= 0.3 is 11.6 Å². The molecule has 7 nitrogen and oxygen atoms in total. The fourth-order valence-electron chi connectivity index (χ4n) is 2.09. The van der Waals surface area contributed by atoms with Gasteiger partial charge < -0.3 is 19.2 Å². The molecule has 1 N–H and O–H groups in total. The zero-order valence-electron chi connectivity index (χ0n) is 12.7. The molecule has 0 aliphatic heterocycles. The maximum atomic E-state index is 12.0. The van der Waals surface area contributed by atoms with E-state index in [0.29, 0.717) is 24.3 Å². The maximum Gasteiger partial charge on any atom is 0.336 e. The zero-order chi connectivity index (χ0) is 16.8. The molecule has 0 unspecified atom stereocenters. The SMILES string of the molecule is CCCN(CC(=O)O)C(=O)COc1ccc2ccc(=O)oc2c1. The summed E-state index contributed by atoms with van der Waals surface area (Å²) in [5.74, 6) is -1.12. The van der Waals surface area contributed by atoms with Gasteiger partial charge in [-0.05, 0) is 24.6 Å². The number of carboxylic acid groups (broad SMARTS) is 1. The lowest BCUT2D eigenvalue weighted by Gasteiger charge is -2.20. The Morgan fingerprint density at radius 3 is 2.70 bits per heavy atom. The number of nitrogens with zero attached hydrogens (tertiary/aromatic N) is 1. The van der Waals surface area contributed by atoms with Crippen molar-refractivity contribution >= 4 is 22.8 Å². The number of carboxylic acids is 1. The zero-order valence-corrected chi connectivity index (χ0v) is 12.7. The van der Waals surface area contributed by atoms with Crippen LogP contribution in [0.3, 0.4) is 0 Å². The molecule has 0 spiro atoms. The number of hydrogen-bond donors (Lipinski definition) is 1. The van der Waals surface area contributed by atoms with Crippen molar-refractivity contribution in [2.75, 3.05) is 19.7 Å². The number of fused-ring (bicyclic) bond motifs is 1. The molecule has 1 aromatic carbocycles. The standard InChI is InChI=1S/C16H17NO6/c1-2-7-17(9-15(19)20)14(18)10-22-12-5-3-11-4-6-16(21)23-13(11)8-12/h3-6,8H,2,7,9-10H2,1H3,(H,19,20). The first kappa shape index (κ1) is 16.5. The van der Waals surface area contributed by atoms with Crippen LogP contribution in [0.15, 0.2) is 39.5 Å². The fraction of sp³-hybridized carbons (Fsp3) is 0.312. The first-order chi connectivity index (χ1) is 11.0. The second-order valence-electron chi connectivity index (χ2n) is 4.95. The molecule has 2 rings (SSSR count). The van der Waals surface area contributed by atoms with E-state index in [0.717, 1.165) is 5.39 Å². The van der Waals surface area contributed by atoms with Gasteiger partial charge in [0.25, 0.3) is 5.91 Å². The maximum absolute atomic E-state index is 12.0. The molecular formula is C16H17NO6. The first-order valence-corrected chi connectivity index (χ1v) is 7.16. The van der Waals surface area contributed by atoms with Gasteiger partial charge in [0.05, 0.1) is 0 Å². The van der Waals surface area contributed by atoms with Crippen molar-refractivity contribution in [3.8, 4) is 5.75 Å². The topological polar surface area (TPSA) is 97.0 Å². The molecule has 1 heterocycles. The molecule has 1 aromatic heterocycles. The van der Waals surface area contributed by atoms with Crippen molar-refractivity contribution in [3.63, 3.8) is 0 Å². The van der Waals surface area contributed by atoms with Gasteiger partial charge in [-0.15, -0.1) is 0 Å². The van der Waals surface area contributed by atoms with Gasteiger partial charge in [0.2, 0.25) is 0 Å². The van der Waals surface area contributed by atoms with Crippen molar-refractivity contribution in [3.05, 3.63) is 40.8 Å². The largest absolute Gasteiger partial charge is 0.484 e. The molecule has 0 saturated carbocycles. The van der Waals surface area contributed by atoms with Crippen LogP contribution in [0.5, 0.6) is 5.75 Å². The van der Waals surface area contributed by atoms with E-state index in [1.54, 1.807) is 18.2 Å². The number of amides is 1. The summed E-state index contributed by atoms with van der Waals surface area (Å²) >= 11 is 0. The molecule has 2 aromatic rings. The molecule has 0 bridgehead atoms. The van der Waals surface area contributed by atoms with E-state index >= 15 is 0 Å². The number of benzene rings is 1. The van der Waals surface area contributed by atoms with Gasteiger partial charge in [-0.1, -0.05) is 6.92 Å². The highest BCUT2D eigenvalue weighted by Gasteiger charge is 2.16. The Morgan fingerprint density at radius 1 is 1.26 bits per heavy atom. The van der Waals surface area contributed by atoms with Crippen molar-refractivity contribution in [1.29, 1.82) is 0 Å². The van der Waals surface area contributed by atoms with Crippen molar-refractivity contribution in [1.82, 2.24) is 4.90 Å². The summed E-state index contributed by atoms with van der Waals surface area (Å²) in [6.45, 7) is 1.56. The van der Waals surface area contributed by atoms with E-state index in [4.69, 9.17) is 14.3 Å². The van der Waals surface area contributed by atoms with Gasteiger partial charge in [0, 0.05) is 24.1 Å². The van der Waals surface area contributed by atoms with Crippen LogP contribution in [0.4, 0.5) is 0 Å². The Kier molecular flexibility index (Phi) is 5.35. The highest BCUT2D eigenvalue weighted by atomic mass is 16.5. The molecule has 122 valence electrons. The second-order valence-corrected chi connectivity index (χ2v) is 4.95. The van der Waals surface area contributed by atoms with Crippen LogP contribution in [0, 0.1) is 0 Å². The number of rotatable bonds is 7. The Labute approximate surface area is 132 Å². The van der Waals surface area contributed by atoms with E-state index in [1.165, 1.54) is 17.0 Å². The summed E-state index contributed by atoms with van der Waals surface area (Å²) in [4.78, 5) is 35.2. The first-order valence-electron chi connectivity index (χ1n) is 7.16. The third-order valence-corrected chi connectivity index (χ3v) is 3.13. The van der Waals surface area contributed by atoms with Crippen LogP contribution in [0.2, 0.25) is 0 Å². The van der Waals surface area contributed by atoms with Crippen LogP contribution in [-0.2, 0) is 9.59 Å². The summed E-state index contributed by atoms with van der Waals surface area (Å²) in [6.07, 6.45) is 0.653. The van der Waals surface area contributed by atoms with E-state index in [-0.39, 0.29) is 13.2 Å². The van der Waals surface area contributed by atoms with Crippen LogP contribution in [0.25, 0.3) is 11.0 Å². The highest BCUT2D eigenvalue weighted by Crippen LogP contribution is 2.19. The van der Waals surface area contributed by atoms with Crippen molar-refractivity contribution in [2.45, 2.75) is 13.3 Å². The monoisotopic (exact) mass is 319 g/mol. The number of ether oxygens (including phenoxy) is 1. The molecule has 0 aliphatic rings. The summed E-state index contributed by atoms with van der Waals surface area (Å²) in [5.41, 5.74) is -0.111. The normalized spacial score (nSPS) is 10.5. The average molecular weight is 319 g/mol. The predicted octanol–water partition coefficient (Wildman–Crippen LogP) is 1.49. The van der Waals surface area contributed by atoms with Crippen LogP contribution >= 0.6 is 0 Å². The minimum Gasteiger partial charge on any atom is -0.484 e. The highest BCUT2D eigenvalue weighted by molar-refractivity contribution is 5.82. The Balaban J connectivity index is 2.05. The molecule has 0 saturated heterocycles. The molecule has 23 heavy (non-hydrogen) atoms. The van der Waals surface area contributed by atoms with Crippen molar-refractivity contribution in [2.24, 2.45) is 0 Å². The summed E-state index contributed by atoms with van der Waals surface area (Å²) in [6, 6.07) is 7.83. The fourth-order valence-corrected chi connectivity index (χ4v) is 2.09.